The van der Waals surface area contributed by atoms with Crippen molar-refractivity contribution in [2.24, 2.45) is 0 Å². The van der Waals surface area contributed by atoms with Gasteiger partial charge in [0.25, 0.3) is 0 Å². The predicted molar refractivity (Wildman–Crippen MR) is 151 cm³/mol. The largest absolute Gasteiger partial charge is 0.497 e. The normalized spacial score (nSPS) is 25.4. The number of amides is 3. The van der Waals surface area contributed by atoms with Crippen LogP contribution in [0.5, 0.6) is 5.75 Å². The van der Waals surface area contributed by atoms with Gasteiger partial charge in [-0.25, -0.2) is 4.68 Å². The summed E-state index contributed by atoms with van der Waals surface area (Å²) in [5.74, 6) is -0.441. The van der Waals surface area contributed by atoms with Crippen molar-refractivity contribution in [2.75, 3.05) is 13.7 Å². The summed E-state index contributed by atoms with van der Waals surface area (Å²) >= 11 is 0. The van der Waals surface area contributed by atoms with Crippen molar-refractivity contribution in [1.29, 1.82) is 0 Å². The fraction of sp³-hybridized carbons (Fsp3) is 0.448. The molecule has 13 nitrogen and oxygen atoms in total. The Bertz CT molecular complexity index is 1400. The maximum Gasteiger partial charge on any atom is 0.243 e. The Kier molecular flexibility index (Phi) is 9.08. The minimum Gasteiger partial charge on any atom is -0.497 e. The molecule has 5 rings (SSSR count). The summed E-state index contributed by atoms with van der Waals surface area (Å²) in [6, 6.07) is 8.77. The number of benzene rings is 1. The first-order valence-corrected chi connectivity index (χ1v) is 14.0. The molecule has 0 spiro atoms. The fourth-order valence-corrected chi connectivity index (χ4v) is 5.41. The van der Waals surface area contributed by atoms with E-state index in [9.17, 15) is 19.5 Å². The zero-order valence-corrected chi connectivity index (χ0v) is 23.6. The van der Waals surface area contributed by atoms with Gasteiger partial charge < -0.3 is 25.8 Å². The van der Waals surface area contributed by atoms with Gasteiger partial charge in [-0.3, -0.25) is 24.3 Å². The van der Waals surface area contributed by atoms with Gasteiger partial charge in [-0.05, 0) is 42.7 Å². The molecule has 2 aromatic heterocycles. The quantitative estimate of drug-likeness (QED) is 0.298. The molecule has 1 aromatic carbocycles. The molecule has 2 aliphatic rings. The molecule has 222 valence electrons. The number of carbonyl (C=O) groups is 3. The van der Waals surface area contributed by atoms with Crippen molar-refractivity contribution in [1.82, 2.24) is 40.8 Å². The van der Waals surface area contributed by atoms with Crippen LogP contribution in [0.15, 0.2) is 55.0 Å². The molecule has 42 heavy (non-hydrogen) atoms. The van der Waals surface area contributed by atoms with Gasteiger partial charge in [-0.2, -0.15) is 0 Å². The molecule has 2 bridgehead atoms. The van der Waals surface area contributed by atoms with Crippen molar-refractivity contribution in [3.63, 3.8) is 0 Å². The lowest BCUT2D eigenvalue weighted by Crippen LogP contribution is -2.55. The number of fused-ring (bicyclic) bond motifs is 2. The lowest BCUT2D eigenvalue weighted by atomic mass is 10.1. The smallest absolute Gasteiger partial charge is 0.243 e. The highest BCUT2D eigenvalue weighted by atomic mass is 16.5. The molecule has 5 atom stereocenters. The number of carbonyl (C=O) groups excluding carboxylic acids is 3. The summed E-state index contributed by atoms with van der Waals surface area (Å²) in [5.41, 5.74) is 2.41. The number of hydrogen-bond donors (Lipinski definition) is 4. The van der Waals surface area contributed by atoms with E-state index >= 15 is 0 Å². The van der Waals surface area contributed by atoms with E-state index in [0.717, 1.165) is 11.1 Å². The van der Waals surface area contributed by atoms with Gasteiger partial charge in [-0.15, -0.1) is 5.10 Å². The van der Waals surface area contributed by atoms with Crippen molar-refractivity contribution >= 4 is 17.7 Å². The Labute approximate surface area is 243 Å². The molecule has 4 N–H and O–H groups in total. The number of methoxy groups -OCH3 is 1. The van der Waals surface area contributed by atoms with Gasteiger partial charge in [0, 0.05) is 44.1 Å². The molecule has 0 unspecified atom stereocenters. The number of ether oxygens (including phenoxy) is 1. The molecule has 13 heteroatoms. The second kappa shape index (κ2) is 13.1. The van der Waals surface area contributed by atoms with E-state index in [1.54, 1.807) is 37.3 Å². The van der Waals surface area contributed by atoms with Crippen LogP contribution >= 0.6 is 0 Å². The van der Waals surface area contributed by atoms with Crippen LogP contribution in [-0.2, 0) is 33.9 Å². The van der Waals surface area contributed by atoms with Gasteiger partial charge in [-0.1, -0.05) is 23.4 Å². The molecular formula is C29H36N8O5. The van der Waals surface area contributed by atoms with E-state index in [0.29, 0.717) is 37.5 Å². The Balaban J connectivity index is 1.37. The number of nitrogens with zero attached hydrogens (tertiary/aromatic N) is 5. The zero-order chi connectivity index (χ0) is 29.6. The van der Waals surface area contributed by atoms with Crippen LogP contribution in [0.3, 0.4) is 0 Å². The highest BCUT2D eigenvalue weighted by molar-refractivity contribution is 5.90. The summed E-state index contributed by atoms with van der Waals surface area (Å²) in [6.45, 7) is 2.96. The molecule has 3 amide bonds. The van der Waals surface area contributed by atoms with Crippen LogP contribution in [0.1, 0.15) is 36.6 Å². The van der Waals surface area contributed by atoms with E-state index in [2.05, 4.69) is 31.2 Å². The van der Waals surface area contributed by atoms with Crippen LogP contribution in [-0.4, -0.2) is 91.6 Å². The highest BCUT2D eigenvalue weighted by Gasteiger charge is 2.40. The topological polar surface area (TPSA) is 164 Å². The summed E-state index contributed by atoms with van der Waals surface area (Å²) in [4.78, 5) is 46.0. The summed E-state index contributed by atoms with van der Waals surface area (Å²) in [5, 5.41) is 27.7. The van der Waals surface area contributed by atoms with Crippen molar-refractivity contribution < 1.29 is 24.2 Å². The zero-order valence-electron chi connectivity index (χ0n) is 23.6. The van der Waals surface area contributed by atoms with Crippen LogP contribution in [0, 0.1) is 0 Å². The molecule has 3 aromatic rings. The number of likely N-dealkylation sites (tertiary alicyclic amines) is 1. The number of pyridine rings is 1. The SMILES string of the molecule is COc1cccc(CN2C[C@H]3C[C@H]2C(=O)N[C@H](Cc2cn(Cc4cccnc4)nn2)C(=O)N[C@@H](C)[C@@H](O)CC(=O)N3)c1. The first kappa shape index (κ1) is 29.1. The summed E-state index contributed by atoms with van der Waals surface area (Å²) in [7, 11) is 1.60. The number of aliphatic hydroxyl groups excluding tert-OH is 1. The van der Waals surface area contributed by atoms with E-state index in [1.165, 1.54) is 0 Å². The standard InChI is InChI=1S/C29H36N8O5/c1-18-26(38)12-27(39)32-21-11-25(36(16-21)14-19-5-3-7-23(9-19)42-2)29(41)33-24(28(40)31-18)10-22-17-37(35-34-22)15-20-6-4-8-30-13-20/h3-9,13,17-18,21,24-26,38H,10-12,14-16H2,1-2H3,(H,31,40)(H,32,39)(H,33,41)/t18-,21+,24+,25-,26-/m0/s1. The number of hydrogen-bond acceptors (Lipinski definition) is 9. The molecular weight excluding hydrogens is 540 g/mol. The highest BCUT2D eigenvalue weighted by Crippen LogP contribution is 2.23. The Morgan fingerprint density at radius 1 is 1.05 bits per heavy atom. The van der Waals surface area contributed by atoms with Crippen LogP contribution < -0.4 is 20.7 Å². The third-order valence-electron chi connectivity index (χ3n) is 7.63. The van der Waals surface area contributed by atoms with Crippen molar-refractivity contribution in [3.05, 3.63) is 71.8 Å². The second-order valence-corrected chi connectivity index (χ2v) is 10.9. The Morgan fingerprint density at radius 3 is 2.67 bits per heavy atom. The van der Waals surface area contributed by atoms with Crippen LogP contribution in [0.25, 0.3) is 0 Å². The second-order valence-electron chi connectivity index (χ2n) is 10.9. The molecule has 0 saturated carbocycles. The number of rotatable bonds is 7. The monoisotopic (exact) mass is 576 g/mol. The van der Waals surface area contributed by atoms with Crippen LogP contribution in [0.2, 0.25) is 0 Å². The number of aromatic nitrogens is 4. The van der Waals surface area contributed by atoms with Gasteiger partial charge in [0.05, 0.1) is 44.0 Å². The number of aliphatic hydroxyl groups is 1. The van der Waals surface area contributed by atoms with E-state index in [-0.39, 0.29) is 30.7 Å². The molecule has 2 fully saturated rings. The summed E-state index contributed by atoms with van der Waals surface area (Å²) < 4.78 is 7.00. The predicted octanol–water partition coefficient (Wildman–Crippen LogP) is -0.214. The minimum absolute atomic E-state index is 0.0939. The summed E-state index contributed by atoms with van der Waals surface area (Å²) in [6.07, 6.45) is 4.35. The molecule has 0 radical (unpaired) electrons. The molecule has 2 saturated heterocycles. The maximum atomic E-state index is 13.7. The average molecular weight is 577 g/mol. The third-order valence-corrected chi connectivity index (χ3v) is 7.63. The Morgan fingerprint density at radius 2 is 1.88 bits per heavy atom. The average Bonchev–Trinajstić information content (AvgIpc) is 3.58. The number of nitrogens with one attached hydrogen (secondary N) is 3. The third kappa shape index (κ3) is 7.28. The maximum absolute atomic E-state index is 13.7. The lowest BCUT2D eigenvalue weighted by Gasteiger charge is -2.27. The molecule has 4 heterocycles. The minimum atomic E-state index is -1.10. The molecule has 0 aliphatic carbocycles. The fourth-order valence-electron chi connectivity index (χ4n) is 5.41. The van der Waals surface area contributed by atoms with Crippen molar-refractivity contribution in [3.8, 4) is 5.75 Å². The van der Waals surface area contributed by atoms with E-state index in [4.69, 9.17) is 4.74 Å². The molecule has 2 aliphatic heterocycles. The Hall–Kier alpha value is -4.36. The van der Waals surface area contributed by atoms with Crippen molar-refractivity contribution in [2.45, 2.75) is 69.5 Å². The van der Waals surface area contributed by atoms with E-state index < -0.39 is 30.1 Å². The van der Waals surface area contributed by atoms with Gasteiger partial charge in [0.1, 0.15) is 11.8 Å². The first-order valence-electron chi connectivity index (χ1n) is 14.0. The van der Waals surface area contributed by atoms with Gasteiger partial charge >= 0.3 is 0 Å². The lowest BCUT2D eigenvalue weighted by molar-refractivity contribution is -0.132. The van der Waals surface area contributed by atoms with E-state index in [1.807, 2.05) is 41.3 Å². The first-order chi connectivity index (χ1) is 20.3. The van der Waals surface area contributed by atoms with Gasteiger partial charge in [0.15, 0.2) is 0 Å². The van der Waals surface area contributed by atoms with Gasteiger partial charge in [0.2, 0.25) is 17.7 Å². The van der Waals surface area contributed by atoms with Crippen LogP contribution in [0.4, 0.5) is 0 Å².